The largest absolute Gasteiger partial charge is 0.496 e. The highest BCUT2D eigenvalue weighted by Crippen LogP contribution is 2.59. The van der Waals surface area contributed by atoms with Gasteiger partial charge >= 0.3 is 12.1 Å². The van der Waals surface area contributed by atoms with Crippen molar-refractivity contribution < 1.29 is 28.5 Å². The topological polar surface area (TPSA) is 91.3 Å². The fourth-order valence-corrected chi connectivity index (χ4v) is 6.41. The van der Waals surface area contributed by atoms with Crippen molar-refractivity contribution in [2.45, 2.75) is 71.6 Å². The van der Waals surface area contributed by atoms with E-state index in [4.69, 9.17) is 18.9 Å². The third-order valence-electron chi connectivity index (χ3n) is 8.81. The lowest BCUT2D eigenvalue weighted by molar-refractivity contribution is 0.0542. The number of piperidine rings is 1. The monoisotopic (exact) mass is 591 g/mol. The number of ether oxygens (including phenoxy) is 4. The molecule has 1 aliphatic heterocycles. The Morgan fingerprint density at radius 2 is 1.84 bits per heavy atom. The number of rotatable bonds is 9. The molecule has 0 amide bonds. The Kier molecular flexibility index (Phi) is 8.77. The number of fused-ring (bicyclic) bond motifs is 1. The van der Waals surface area contributed by atoms with E-state index in [9.17, 15) is 9.59 Å². The third kappa shape index (κ3) is 6.53. The molecule has 1 saturated carbocycles. The maximum Gasteiger partial charge on any atom is 0.419 e. The zero-order valence-corrected chi connectivity index (χ0v) is 26.5. The molecule has 0 bridgehead atoms. The van der Waals surface area contributed by atoms with Gasteiger partial charge < -0.3 is 24.3 Å². The first-order chi connectivity index (χ1) is 20.5. The van der Waals surface area contributed by atoms with E-state index >= 15 is 0 Å². The summed E-state index contributed by atoms with van der Waals surface area (Å²) >= 11 is 0. The summed E-state index contributed by atoms with van der Waals surface area (Å²) in [5, 5.41) is 4.50. The minimum Gasteiger partial charge on any atom is -0.496 e. The van der Waals surface area contributed by atoms with Crippen LogP contribution in [-0.2, 0) is 20.8 Å². The number of nitrogens with zero attached hydrogens (tertiary/aromatic N) is 2. The van der Waals surface area contributed by atoms with Crippen LogP contribution in [0.4, 0.5) is 10.5 Å². The van der Waals surface area contributed by atoms with Gasteiger partial charge in [0.2, 0.25) is 0 Å². The summed E-state index contributed by atoms with van der Waals surface area (Å²) in [6.07, 6.45) is 6.09. The average molecular weight is 592 g/mol. The molecule has 1 atom stereocenters. The van der Waals surface area contributed by atoms with E-state index in [1.165, 1.54) is 20.0 Å². The van der Waals surface area contributed by atoms with Crippen molar-refractivity contribution in [3.8, 4) is 5.75 Å². The number of esters is 1. The van der Waals surface area contributed by atoms with Gasteiger partial charge in [-0.05, 0) is 101 Å². The van der Waals surface area contributed by atoms with Gasteiger partial charge in [-0.25, -0.2) is 9.59 Å². The highest BCUT2D eigenvalue weighted by Gasteiger charge is 2.48. The predicted molar refractivity (Wildman–Crippen MR) is 167 cm³/mol. The third-order valence-corrected chi connectivity index (χ3v) is 8.81. The fraction of sp³-hybridized carbons (Fsp3) is 0.529. The van der Waals surface area contributed by atoms with Crippen molar-refractivity contribution in [3.63, 3.8) is 0 Å². The maximum atomic E-state index is 13.2. The molecule has 3 aromatic rings. The van der Waals surface area contributed by atoms with E-state index in [-0.39, 0.29) is 12.0 Å². The predicted octanol–water partition coefficient (Wildman–Crippen LogP) is 6.70. The minimum absolute atomic E-state index is 0.127. The number of hydrogen-bond acceptors (Lipinski definition) is 8. The lowest BCUT2D eigenvalue weighted by Gasteiger charge is -2.41. The first-order valence-electron chi connectivity index (χ1n) is 15.1. The van der Waals surface area contributed by atoms with Crippen LogP contribution in [0.3, 0.4) is 0 Å². The second-order valence-corrected chi connectivity index (χ2v) is 13.0. The smallest absolute Gasteiger partial charge is 0.419 e. The highest BCUT2D eigenvalue weighted by atomic mass is 16.6. The number of aryl methyl sites for hydroxylation is 1. The maximum absolute atomic E-state index is 13.2. The molecule has 232 valence electrons. The summed E-state index contributed by atoms with van der Waals surface area (Å²) in [6.45, 7) is 10.4. The normalized spacial score (nSPS) is 18.1. The lowest BCUT2D eigenvalue weighted by atomic mass is 9.83. The summed E-state index contributed by atoms with van der Waals surface area (Å²) in [4.78, 5) is 28.1. The van der Waals surface area contributed by atoms with Crippen molar-refractivity contribution in [1.29, 1.82) is 0 Å². The van der Waals surface area contributed by atoms with E-state index in [1.807, 2.05) is 52.0 Å². The van der Waals surface area contributed by atoms with Crippen LogP contribution in [0.5, 0.6) is 5.75 Å². The molecule has 9 heteroatoms. The van der Waals surface area contributed by atoms with Crippen LogP contribution in [0.25, 0.3) is 10.9 Å². The number of aromatic nitrogens is 1. The number of hydrogen-bond donors (Lipinski definition) is 1. The molecule has 2 aliphatic rings. The number of carbonyl (C=O) groups excluding carboxylic acids is 2. The highest BCUT2D eigenvalue weighted by molar-refractivity contribution is 5.95. The lowest BCUT2D eigenvalue weighted by Crippen LogP contribution is -2.37. The standard InChI is InChI=1S/C34H45N3O6/c1-22-18-29(41-6)26(24-10-15-37(30(22)24)32(39)43-33(2,3)4)21-36-16-13-34(11-12-34)20-28(36)25-9-8-23(31(38)42-7)19-27(25)35-14-17-40-5/h8-10,15,18-19,28,35H,11-14,16-17,20-21H2,1-7H3. The zero-order chi connectivity index (χ0) is 30.9. The van der Waals surface area contributed by atoms with Crippen molar-refractivity contribution in [3.05, 3.63) is 58.8 Å². The Morgan fingerprint density at radius 3 is 2.49 bits per heavy atom. The first kappa shape index (κ1) is 30.9. The molecule has 1 aliphatic carbocycles. The number of anilines is 1. The van der Waals surface area contributed by atoms with Gasteiger partial charge in [-0.15, -0.1) is 0 Å². The van der Waals surface area contributed by atoms with E-state index < -0.39 is 11.7 Å². The van der Waals surface area contributed by atoms with Crippen molar-refractivity contribution in [1.82, 2.24) is 9.47 Å². The Balaban J connectivity index is 1.55. The molecule has 1 N–H and O–H groups in total. The van der Waals surface area contributed by atoms with Crippen molar-refractivity contribution in [2.24, 2.45) is 5.41 Å². The minimum atomic E-state index is -0.602. The van der Waals surface area contributed by atoms with Gasteiger partial charge in [0.15, 0.2) is 0 Å². The zero-order valence-electron chi connectivity index (χ0n) is 26.5. The van der Waals surface area contributed by atoms with Crippen molar-refractivity contribution >= 4 is 28.7 Å². The molecule has 2 heterocycles. The summed E-state index contributed by atoms with van der Waals surface area (Å²) in [5.41, 5.74) is 5.19. The second kappa shape index (κ2) is 12.2. The number of benzene rings is 2. The van der Waals surface area contributed by atoms with Gasteiger partial charge in [0.1, 0.15) is 11.4 Å². The number of likely N-dealkylation sites (tertiary alicyclic amines) is 1. The van der Waals surface area contributed by atoms with Crippen LogP contribution in [-0.4, -0.2) is 68.2 Å². The molecule has 1 unspecified atom stereocenters. The quantitative estimate of drug-likeness (QED) is 0.217. The van der Waals surface area contributed by atoms with Gasteiger partial charge in [0.05, 0.1) is 31.9 Å². The van der Waals surface area contributed by atoms with Crippen LogP contribution >= 0.6 is 0 Å². The molecule has 2 aromatic carbocycles. The Hall–Kier alpha value is -3.56. The van der Waals surface area contributed by atoms with Crippen LogP contribution in [0.1, 0.15) is 79.5 Å². The molecule has 9 nitrogen and oxygen atoms in total. The van der Waals surface area contributed by atoms with E-state index in [0.29, 0.717) is 30.7 Å². The van der Waals surface area contributed by atoms with Gasteiger partial charge in [-0.2, -0.15) is 0 Å². The molecule has 1 saturated heterocycles. The summed E-state index contributed by atoms with van der Waals surface area (Å²) < 4.78 is 23.6. The van der Waals surface area contributed by atoms with E-state index in [2.05, 4.69) is 16.3 Å². The van der Waals surface area contributed by atoms with E-state index in [0.717, 1.165) is 58.4 Å². The molecule has 0 radical (unpaired) electrons. The second-order valence-electron chi connectivity index (χ2n) is 13.0. The SMILES string of the molecule is COCCNc1cc(C(=O)OC)ccc1C1CC2(CCN1Cc1c(OC)cc(C)c3c1ccn3C(=O)OC(C)(C)C)CC2. The molecule has 1 aromatic heterocycles. The van der Waals surface area contributed by atoms with Gasteiger partial charge in [-0.1, -0.05) is 6.07 Å². The first-order valence-corrected chi connectivity index (χ1v) is 15.1. The van der Waals surface area contributed by atoms with Gasteiger partial charge in [0.25, 0.3) is 0 Å². The Bertz CT molecular complexity index is 1500. The summed E-state index contributed by atoms with van der Waals surface area (Å²) in [7, 11) is 4.78. The van der Waals surface area contributed by atoms with Crippen molar-refractivity contribution in [2.75, 3.05) is 46.3 Å². The molecule has 2 fully saturated rings. The molecular weight excluding hydrogens is 546 g/mol. The van der Waals surface area contributed by atoms with Crippen LogP contribution < -0.4 is 10.1 Å². The van der Waals surface area contributed by atoms with Gasteiger partial charge in [0, 0.05) is 49.1 Å². The average Bonchev–Trinajstić information content (AvgIpc) is 3.56. The summed E-state index contributed by atoms with van der Waals surface area (Å²) in [6, 6.07) is 9.97. The molecule has 5 rings (SSSR count). The summed E-state index contributed by atoms with van der Waals surface area (Å²) in [5.74, 6) is 0.443. The molecule has 43 heavy (non-hydrogen) atoms. The molecule has 1 spiro atoms. The number of methoxy groups -OCH3 is 3. The van der Waals surface area contributed by atoms with Crippen LogP contribution in [0.15, 0.2) is 36.5 Å². The Labute approximate surface area is 254 Å². The number of nitrogens with one attached hydrogen (secondary N) is 1. The Morgan fingerprint density at radius 1 is 1.07 bits per heavy atom. The van der Waals surface area contributed by atoms with Crippen LogP contribution in [0, 0.1) is 12.3 Å². The van der Waals surface area contributed by atoms with Crippen LogP contribution in [0.2, 0.25) is 0 Å². The van der Waals surface area contributed by atoms with E-state index in [1.54, 1.807) is 25.0 Å². The number of carbonyl (C=O) groups is 2. The van der Waals surface area contributed by atoms with Gasteiger partial charge in [-0.3, -0.25) is 9.47 Å². The molecular formula is C34H45N3O6. The fourth-order valence-electron chi connectivity index (χ4n) is 6.41.